The van der Waals surface area contributed by atoms with Crippen LogP contribution in [0.1, 0.15) is 12.5 Å². The van der Waals surface area contributed by atoms with Crippen molar-refractivity contribution in [2.45, 2.75) is 13.5 Å². The minimum absolute atomic E-state index is 0.462. The lowest BCUT2D eigenvalue weighted by atomic mass is 10.2. The predicted molar refractivity (Wildman–Crippen MR) is 57.2 cm³/mol. The van der Waals surface area contributed by atoms with Crippen molar-refractivity contribution in [1.82, 2.24) is 0 Å². The molecule has 0 saturated heterocycles. The van der Waals surface area contributed by atoms with Crippen molar-refractivity contribution in [2.75, 3.05) is 0 Å². The molecule has 0 aliphatic heterocycles. The van der Waals surface area contributed by atoms with Gasteiger partial charge in [0.2, 0.25) is 0 Å². The molecule has 80 valence electrons. The Kier molecular flexibility index (Phi) is 4.41. The molecule has 1 atom stereocenters. The first-order valence-corrected chi connectivity index (χ1v) is 4.75. The van der Waals surface area contributed by atoms with Gasteiger partial charge in [-0.1, -0.05) is 30.3 Å². The largest absolute Gasteiger partial charge is 0.497 e. The summed E-state index contributed by atoms with van der Waals surface area (Å²) in [6, 6.07) is 9.71. The molecule has 1 N–H and O–H groups in total. The Morgan fingerprint density at radius 1 is 1.47 bits per heavy atom. The van der Waals surface area contributed by atoms with E-state index in [9.17, 15) is 4.79 Å². The Balaban J connectivity index is 2.31. The van der Waals surface area contributed by atoms with E-state index in [0.29, 0.717) is 6.61 Å². The van der Waals surface area contributed by atoms with Crippen molar-refractivity contribution in [3.63, 3.8) is 0 Å². The molecule has 0 amide bonds. The van der Waals surface area contributed by atoms with Gasteiger partial charge in [0.05, 0.1) is 12.2 Å². The number of benzene rings is 1. The van der Waals surface area contributed by atoms with Crippen LogP contribution in [-0.2, 0) is 16.1 Å². The number of carbonyl (C=O) groups is 1. The number of aliphatic carboxylic acids is 1. The van der Waals surface area contributed by atoms with Crippen molar-refractivity contribution in [3.05, 3.63) is 48.2 Å². The van der Waals surface area contributed by atoms with Gasteiger partial charge in [-0.25, -0.2) is 0 Å². The maximum Gasteiger partial charge on any atom is 0.310 e. The zero-order valence-corrected chi connectivity index (χ0v) is 8.59. The molecule has 1 aromatic carbocycles. The van der Waals surface area contributed by atoms with Crippen molar-refractivity contribution in [3.8, 4) is 0 Å². The van der Waals surface area contributed by atoms with Gasteiger partial charge in [-0.3, -0.25) is 4.79 Å². The van der Waals surface area contributed by atoms with Crippen LogP contribution < -0.4 is 0 Å². The Bertz CT molecular complexity index is 330. The van der Waals surface area contributed by atoms with E-state index in [4.69, 9.17) is 9.84 Å². The van der Waals surface area contributed by atoms with Crippen LogP contribution in [0.4, 0.5) is 0 Å². The lowest BCUT2D eigenvalue weighted by Crippen LogP contribution is -2.05. The quantitative estimate of drug-likeness (QED) is 0.752. The van der Waals surface area contributed by atoms with Crippen molar-refractivity contribution >= 4 is 5.97 Å². The molecule has 3 heteroatoms. The fraction of sp³-hybridized carbons (Fsp3) is 0.250. The molecule has 1 unspecified atom stereocenters. The van der Waals surface area contributed by atoms with Gasteiger partial charge in [0.15, 0.2) is 0 Å². The van der Waals surface area contributed by atoms with Crippen LogP contribution in [0.25, 0.3) is 0 Å². The van der Waals surface area contributed by atoms with E-state index in [2.05, 4.69) is 0 Å². The molecule has 0 spiro atoms. The van der Waals surface area contributed by atoms with Crippen molar-refractivity contribution < 1.29 is 14.6 Å². The minimum Gasteiger partial charge on any atom is -0.497 e. The summed E-state index contributed by atoms with van der Waals surface area (Å²) in [6.45, 7) is 2.06. The first kappa shape index (κ1) is 11.3. The van der Waals surface area contributed by atoms with Gasteiger partial charge >= 0.3 is 5.97 Å². The van der Waals surface area contributed by atoms with Crippen LogP contribution >= 0.6 is 0 Å². The molecule has 3 nitrogen and oxygen atoms in total. The summed E-state index contributed by atoms with van der Waals surface area (Å²) >= 11 is 0. The van der Waals surface area contributed by atoms with Crippen LogP contribution in [0.3, 0.4) is 0 Å². The van der Waals surface area contributed by atoms with Crippen LogP contribution in [0.15, 0.2) is 42.7 Å². The Labute approximate surface area is 89.0 Å². The summed E-state index contributed by atoms with van der Waals surface area (Å²) in [5, 5.41) is 8.59. The van der Waals surface area contributed by atoms with E-state index in [1.165, 1.54) is 12.3 Å². The predicted octanol–water partition coefficient (Wildman–Crippen LogP) is 2.44. The van der Waals surface area contributed by atoms with Crippen LogP contribution in [-0.4, -0.2) is 11.1 Å². The van der Waals surface area contributed by atoms with Gasteiger partial charge in [-0.2, -0.15) is 0 Å². The number of rotatable bonds is 5. The highest BCUT2D eigenvalue weighted by molar-refractivity contribution is 5.71. The van der Waals surface area contributed by atoms with Gasteiger partial charge in [-0.05, 0) is 18.6 Å². The van der Waals surface area contributed by atoms with Gasteiger partial charge in [0.1, 0.15) is 6.61 Å². The van der Waals surface area contributed by atoms with E-state index >= 15 is 0 Å². The maximum atomic E-state index is 10.5. The molecular formula is C12H14O3. The second kappa shape index (κ2) is 5.86. The molecule has 0 heterocycles. The first-order chi connectivity index (χ1) is 7.20. The molecule has 1 aromatic rings. The molecule has 1 rings (SSSR count). The molecule has 0 radical (unpaired) electrons. The van der Waals surface area contributed by atoms with Crippen molar-refractivity contribution in [2.24, 2.45) is 5.92 Å². The summed E-state index contributed by atoms with van der Waals surface area (Å²) in [7, 11) is 0. The Morgan fingerprint density at radius 3 is 2.73 bits per heavy atom. The average molecular weight is 206 g/mol. The van der Waals surface area contributed by atoms with Gasteiger partial charge < -0.3 is 9.84 Å². The second-order valence-corrected chi connectivity index (χ2v) is 3.25. The van der Waals surface area contributed by atoms with E-state index in [1.807, 2.05) is 30.3 Å². The molecule has 0 bridgehead atoms. The summed E-state index contributed by atoms with van der Waals surface area (Å²) in [5.41, 5.74) is 1.06. The number of ether oxygens (including phenoxy) is 1. The Morgan fingerprint density at radius 2 is 2.13 bits per heavy atom. The zero-order valence-electron chi connectivity index (χ0n) is 8.59. The lowest BCUT2D eigenvalue weighted by Gasteiger charge is -2.01. The highest BCUT2D eigenvalue weighted by Crippen LogP contribution is 2.02. The highest BCUT2D eigenvalue weighted by Gasteiger charge is 2.04. The molecule has 0 aliphatic carbocycles. The standard InChI is InChI=1S/C12H14O3/c1-10(12(13)14)7-8-15-9-11-5-3-2-4-6-11/h2-8,10H,9H2,1H3,(H,13,14)/b8-7+. The number of hydrogen-bond donors (Lipinski definition) is 1. The summed E-state index contributed by atoms with van der Waals surface area (Å²) in [4.78, 5) is 10.5. The third-order valence-corrected chi connectivity index (χ3v) is 1.95. The van der Waals surface area contributed by atoms with Gasteiger partial charge in [0.25, 0.3) is 0 Å². The van der Waals surface area contributed by atoms with Crippen LogP contribution in [0.5, 0.6) is 0 Å². The summed E-state index contributed by atoms with van der Waals surface area (Å²) in [6.07, 6.45) is 2.96. The van der Waals surface area contributed by atoms with E-state index < -0.39 is 11.9 Å². The third-order valence-electron chi connectivity index (χ3n) is 1.95. The number of hydrogen-bond acceptors (Lipinski definition) is 2. The molecule has 0 aromatic heterocycles. The summed E-state index contributed by atoms with van der Waals surface area (Å²) in [5.74, 6) is -1.37. The molecule has 15 heavy (non-hydrogen) atoms. The van der Waals surface area contributed by atoms with E-state index in [0.717, 1.165) is 5.56 Å². The smallest absolute Gasteiger partial charge is 0.310 e. The average Bonchev–Trinajstić information content (AvgIpc) is 2.25. The maximum absolute atomic E-state index is 10.5. The summed E-state index contributed by atoms with van der Waals surface area (Å²) < 4.78 is 5.20. The highest BCUT2D eigenvalue weighted by atomic mass is 16.5. The number of carboxylic acid groups (broad SMARTS) is 1. The number of carboxylic acids is 1. The fourth-order valence-corrected chi connectivity index (χ4v) is 0.974. The SMILES string of the molecule is CC(/C=C/OCc1ccccc1)C(=O)O. The second-order valence-electron chi connectivity index (χ2n) is 3.25. The lowest BCUT2D eigenvalue weighted by molar-refractivity contribution is -0.139. The molecular weight excluding hydrogens is 192 g/mol. The molecule has 0 fully saturated rings. The van der Waals surface area contributed by atoms with Gasteiger partial charge in [0, 0.05) is 0 Å². The van der Waals surface area contributed by atoms with Crippen molar-refractivity contribution in [1.29, 1.82) is 0 Å². The molecule has 0 saturated carbocycles. The third kappa shape index (κ3) is 4.31. The Hall–Kier alpha value is -1.77. The van der Waals surface area contributed by atoms with Gasteiger partial charge in [-0.15, -0.1) is 0 Å². The topological polar surface area (TPSA) is 46.5 Å². The monoisotopic (exact) mass is 206 g/mol. The fourth-order valence-electron chi connectivity index (χ4n) is 0.974. The molecule has 0 aliphatic rings. The first-order valence-electron chi connectivity index (χ1n) is 4.75. The van der Waals surface area contributed by atoms with Crippen LogP contribution in [0.2, 0.25) is 0 Å². The minimum atomic E-state index is -0.852. The van der Waals surface area contributed by atoms with E-state index in [-0.39, 0.29) is 0 Å². The zero-order chi connectivity index (χ0) is 11.1. The van der Waals surface area contributed by atoms with E-state index in [1.54, 1.807) is 6.92 Å². The normalized spacial score (nSPS) is 12.6. The van der Waals surface area contributed by atoms with Crippen LogP contribution in [0, 0.1) is 5.92 Å².